The number of nitrogens with zero attached hydrogens (tertiary/aromatic N) is 3. The second-order valence-corrected chi connectivity index (χ2v) is 7.75. The largest absolute Gasteiger partial charge is 0.497 e. The Kier molecular flexibility index (Phi) is 5.33. The highest BCUT2D eigenvalue weighted by molar-refractivity contribution is 7.15. The van der Waals surface area contributed by atoms with Crippen molar-refractivity contribution in [1.82, 2.24) is 14.6 Å². The van der Waals surface area contributed by atoms with E-state index in [0.29, 0.717) is 28.0 Å². The number of aromatic nitrogens is 3. The smallest absolute Gasteiger partial charge is 0.296 e. The van der Waals surface area contributed by atoms with Crippen molar-refractivity contribution >= 4 is 22.4 Å². The number of thiazole rings is 1. The first-order valence-electron chi connectivity index (χ1n) is 9.20. The Morgan fingerprint density at radius 3 is 2.53 bits per heavy atom. The number of fused-ring (bicyclic) bond motifs is 1. The molecule has 0 aliphatic heterocycles. The first kappa shape index (κ1) is 19.8. The fraction of sp³-hybridized carbons (Fsp3) is 0.182. The Morgan fingerprint density at radius 1 is 1.07 bits per heavy atom. The van der Waals surface area contributed by atoms with Gasteiger partial charge in [0.05, 0.1) is 18.8 Å². The van der Waals surface area contributed by atoms with Gasteiger partial charge in [0.2, 0.25) is 4.96 Å². The van der Waals surface area contributed by atoms with Crippen LogP contribution in [-0.2, 0) is 6.42 Å². The topological polar surface area (TPSA) is 82.8 Å². The van der Waals surface area contributed by atoms with Gasteiger partial charge >= 0.3 is 0 Å². The van der Waals surface area contributed by atoms with Crippen LogP contribution in [0, 0.1) is 6.92 Å². The maximum Gasteiger partial charge on any atom is 0.296 e. The summed E-state index contributed by atoms with van der Waals surface area (Å²) in [6.07, 6.45) is 2.00. The monoisotopic (exact) mass is 421 g/mol. The lowest BCUT2D eigenvalue weighted by molar-refractivity contribution is 0.402. The third-order valence-corrected chi connectivity index (χ3v) is 5.63. The molecule has 0 saturated heterocycles. The fourth-order valence-corrected chi connectivity index (χ4v) is 3.94. The van der Waals surface area contributed by atoms with Gasteiger partial charge in [0, 0.05) is 12.0 Å². The van der Waals surface area contributed by atoms with Crippen LogP contribution in [0.15, 0.2) is 52.1 Å². The number of hydrogen-bond donors (Lipinski definition) is 0. The summed E-state index contributed by atoms with van der Waals surface area (Å²) in [6, 6.07) is 13.1. The highest BCUT2D eigenvalue weighted by atomic mass is 32.1. The van der Waals surface area contributed by atoms with Crippen LogP contribution in [0.3, 0.4) is 0 Å². The summed E-state index contributed by atoms with van der Waals surface area (Å²) in [5.74, 6) is 1.24. The summed E-state index contributed by atoms with van der Waals surface area (Å²) in [6.45, 7) is 1.99. The van der Waals surface area contributed by atoms with E-state index in [2.05, 4.69) is 10.1 Å². The van der Waals surface area contributed by atoms with Crippen LogP contribution in [0.4, 0.5) is 0 Å². The van der Waals surface area contributed by atoms with Crippen LogP contribution < -0.4 is 25.1 Å². The number of rotatable bonds is 5. The van der Waals surface area contributed by atoms with Crippen molar-refractivity contribution < 1.29 is 9.47 Å². The molecule has 0 saturated carbocycles. The number of aryl methyl sites for hydroxylation is 1. The molecule has 0 amide bonds. The van der Waals surface area contributed by atoms with Crippen LogP contribution in [0.1, 0.15) is 22.4 Å². The highest BCUT2D eigenvalue weighted by Crippen LogP contribution is 2.24. The molecule has 2 aromatic carbocycles. The van der Waals surface area contributed by atoms with Crippen LogP contribution in [0.2, 0.25) is 0 Å². The van der Waals surface area contributed by atoms with Crippen molar-refractivity contribution in [2.75, 3.05) is 14.2 Å². The molecule has 2 heterocycles. The first-order valence-corrected chi connectivity index (χ1v) is 10.0. The van der Waals surface area contributed by atoms with Gasteiger partial charge in [0.15, 0.2) is 0 Å². The molecule has 4 aromatic rings. The Morgan fingerprint density at radius 2 is 1.83 bits per heavy atom. The summed E-state index contributed by atoms with van der Waals surface area (Å²) in [5, 5.41) is 4.29. The van der Waals surface area contributed by atoms with Gasteiger partial charge in [-0.05, 0) is 36.8 Å². The van der Waals surface area contributed by atoms with Gasteiger partial charge in [-0.2, -0.15) is 14.6 Å². The maximum atomic E-state index is 12.9. The quantitative estimate of drug-likeness (QED) is 0.490. The van der Waals surface area contributed by atoms with Gasteiger partial charge in [-0.3, -0.25) is 9.59 Å². The van der Waals surface area contributed by atoms with Crippen molar-refractivity contribution in [2.45, 2.75) is 13.3 Å². The van der Waals surface area contributed by atoms with Crippen molar-refractivity contribution in [3.05, 3.63) is 90.1 Å². The van der Waals surface area contributed by atoms with Crippen molar-refractivity contribution in [2.24, 2.45) is 0 Å². The van der Waals surface area contributed by atoms with E-state index < -0.39 is 5.56 Å². The van der Waals surface area contributed by atoms with E-state index in [9.17, 15) is 9.59 Å². The second kappa shape index (κ2) is 8.08. The van der Waals surface area contributed by atoms with Crippen LogP contribution >= 0.6 is 11.3 Å². The molecule has 0 unspecified atom stereocenters. The number of ether oxygens (including phenoxy) is 2. The zero-order chi connectivity index (χ0) is 21.3. The van der Waals surface area contributed by atoms with E-state index in [4.69, 9.17) is 9.47 Å². The maximum absolute atomic E-state index is 12.9. The number of methoxy groups -OCH3 is 2. The normalized spacial score (nSPS) is 11.8. The lowest BCUT2D eigenvalue weighted by Gasteiger charge is -2.06. The molecular formula is C22H19N3O4S. The average Bonchev–Trinajstić information content (AvgIpc) is 3.04. The second-order valence-electron chi connectivity index (χ2n) is 6.74. The minimum Gasteiger partial charge on any atom is -0.497 e. The molecule has 0 aliphatic rings. The van der Waals surface area contributed by atoms with Crippen molar-refractivity contribution in [3.63, 3.8) is 0 Å². The average molecular weight is 421 g/mol. The summed E-state index contributed by atoms with van der Waals surface area (Å²) in [5.41, 5.74) is 2.22. The zero-order valence-electron chi connectivity index (χ0n) is 16.7. The molecule has 7 nitrogen and oxygen atoms in total. The molecule has 0 radical (unpaired) electrons. The third kappa shape index (κ3) is 3.81. The lowest BCUT2D eigenvalue weighted by atomic mass is 10.1. The fourth-order valence-electron chi connectivity index (χ4n) is 3.04. The van der Waals surface area contributed by atoms with Crippen LogP contribution in [0.25, 0.3) is 11.0 Å². The molecule has 0 spiro atoms. The Labute approximate surface area is 175 Å². The molecule has 0 bridgehead atoms. The van der Waals surface area contributed by atoms with Gasteiger partial charge in [-0.1, -0.05) is 41.2 Å². The summed E-state index contributed by atoms with van der Waals surface area (Å²) < 4.78 is 12.2. The van der Waals surface area contributed by atoms with E-state index in [1.54, 1.807) is 38.5 Å². The molecular weight excluding hydrogens is 402 g/mol. The summed E-state index contributed by atoms with van der Waals surface area (Å²) >= 11 is 1.11. The highest BCUT2D eigenvalue weighted by Gasteiger charge is 2.12. The summed E-state index contributed by atoms with van der Waals surface area (Å²) in [7, 11) is 3.13. The Balaban J connectivity index is 1.82. The molecule has 0 atom stereocenters. The Hall–Kier alpha value is -3.52. The van der Waals surface area contributed by atoms with Gasteiger partial charge in [-0.25, -0.2) is 0 Å². The van der Waals surface area contributed by atoms with Crippen LogP contribution in [-0.4, -0.2) is 28.8 Å². The van der Waals surface area contributed by atoms with E-state index in [0.717, 1.165) is 22.5 Å². The molecule has 8 heteroatoms. The molecule has 2 aromatic heterocycles. The first-order chi connectivity index (χ1) is 14.5. The van der Waals surface area contributed by atoms with E-state index >= 15 is 0 Å². The van der Waals surface area contributed by atoms with E-state index in [1.807, 2.05) is 31.2 Å². The molecule has 4 rings (SSSR count). The lowest BCUT2D eigenvalue weighted by Crippen LogP contribution is -2.28. The van der Waals surface area contributed by atoms with Gasteiger partial charge < -0.3 is 9.47 Å². The molecule has 30 heavy (non-hydrogen) atoms. The Bertz CT molecular complexity index is 1390. The van der Waals surface area contributed by atoms with Gasteiger partial charge in [0.25, 0.3) is 11.1 Å². The van der Waals surface area contributed by atoms with Gasteiger partial charge in [-0.15, -0.1) is 0 Å². The number of benzene rings is 2. The molecule has 0 fully saturated rings. The minimum absolute atomic E-state index is 0.233. The molecule has 0 N–H and O–H groups in total. The molecule has 152 valence electrons. The SMILES string of the molecule is COc1ccc(OC)c(C=c2sc3nc(=O)c(Cc4ccc(C)cc4)nn3c2=O)c1. The van der Waals surface area contributed by atoms with Crippen molar-refractivity contribution in [3.8, 4) is 11.5 Å². The van der Waals surface area contributed by atoms with Gasteiger partial charge in [0.1, 0.15) is 17.2 Å². The predicted molar refractivity (Wildman–Crippen MR) is 116 cm³/mol. The minimum atomic E-state index is -0.428. The zero-order valence-corrected chi connectivity index (χ0v) is 17.5. The summed E-state index contributed by atoms with van der Waals surface area (Å²) in [4.78, 5) is 29.7. The van der Waals surface area contributed by atoms with Crippen LogP contribution in [0.5, 0.6) is 11.5 Å². The van der Waals surface area contributed by atoms with E-state index in [1.165, 1.54) is 4.52 Å². The van der Waals surface area contributed by atoms with Crippen molar-refractivity contribution in [1.29, 1.82) is 0 Å². The molecule has 0 aliphatic carbocycles. The van der Waals surface area contributed by atoms with E-state index in [-0.39, 0.29) is 16.2 Å². The standard InChI is InChI=1S/C22H19N3O4S/c1-13-4-6-14(7-5-13)10-17-20(26)23-22-25(24-17)21(27)19(30-22)12-15-11-16(28-2)8-9-18(15)29-3/h4-9,11-12H,10H2,1-3H3. The number of hydrogen-bond acceptors (Lipinski definition) is 7. The predicted octanol–water partition coefficient (Wildman–Crippen LogP) is 1.98. The third-order valence-electron chi connectivity index (χ3n) is 4.67.